The summed E-state index contributed by atoms with van der Waals surface area (Å²) in [6.07, 6.45) is 3.75. The van der Waals surface area contributed by atoms with Crippen LogP contribution in [-0.2, 0) is 0 Å². The fourth-order valence-electron chi connectivity index (χ4n) is 0.615. The van der Waals surface area contributed by atoms with Gasteiger partial charge in [-0.3, -0.25) is 0 Å². The van der Waals surface area contributed by atoms with Gasteiger partial charge in [-0.1, -0.05) is 0 Å². The Balaban J connectivity index is 2.91. The molecule has 0 spiro atoms. The van der Waals surface area contributed by atoms with Gasteiger partial charge >= 0.3 is 85.4 Å². The Morgan fingerprint density at radius 3 is 2.45 bits per heavy atom. The van der Waals surface area contributed by atoms with Gasteiger partial charge in [0, 0.05) is 0 Å². The Morgan fingerprint density at radius 1 is 1.55 bits per heavy atom. The summed E-state index contributed by atoms with van der Waals surface area (Å²) in [5.41, 5.74) is 5.63. The van der Waals surface area contributed by atoms with Gasteiger partial charge in [0.25, 0.3) is 0 Å². The van der Waals surface area contributed by atoms with Gasteiger partial charge in [-0.25, -0.2) is 0 Å². The van der Waals surface area contributed by atoms with Crippen molar-refractivity contribution >= 4 is 24.5 Å². The van der Waals surface area contributed by atoms with Crippen molar-refractivity contribution in [3.05, 3.63) is 30.1 Å². The number of hydrogen-bond donors (Lipinski definition) is 1. The normalized spacial score (nSPS) is 9.91. The van der Waals surface area contributed by atoms with Gasteiger partial charge in [0.1, 0.15) is 0 Å². The van der Waals surface area contributed by atoms with E-state index in [0.29, 0.717) is 5.56 Å². The molecule has 0 aliphatic carbocycles. The van der Waals surface area contributed by atoms with Crippen LogP contribution in [0.5, 0.6) is 0 Å². The van der Waals surface area contributed by atoms with E-state index in [2.05, 4.69) is 21.4 Å². The van der Waals surface area contributed by atoms with Crippen molar-refractivity contribution < 1.29 is 25.1 Å². The SMILES string of the molecule is NC(=O)c1cc[n+]([I-]I)cc1. The zero-order valence-electron chi connectivity index (χ0n) is 5.50. The van der Waals surface area contributed by atoms with E-state index in [1.165, 1.54) is 0 Å². The quantitative estimate of drug-likeness (QED) is 0.561. The van der Waals surface area contributed by atoms with Crippen LogP contribution in [-0.4, -0.2) is 5.91 Å². The topological polar surface area (TPSA) is 47.0 Å². The molecule has 1 aromatic heterocycles. The Labute approximate surface area is 84.8 Å². The average molecular weight is 376 g/mol. The van der Waals surface area contributed by atoms with E-state index in [1.54, 1.807) is 12.1 Å². The Morgan fingerprint density at radius 2 is 2.09 bits per heavy atom. The molecule has 0 unspecified atom stereocenters. The third-order valence-electron chi connectivity index (χ3n) is 1.15. The number of carbonyl (C=O) groups excluding carboxylic acids is 1. The molecule has 5 heteroatoms. The van der Waals surface area contributed by atoms with Gasteiger partial charge in [0.2, 0.25) is 0 Å². The van der Waals surface area contributed by atoms with Crippen LogP contribution in [0.2, 0.25) is 0 Å². The molecule has 0 aromatic carbocycles. The predicted molar refractivity (Wildman–Crippen MR) is 44.6 cm³/mol. The molecule has 1 rings (SSSR count). The number of amides is 1. The molecule has 0 saturated heterocycles. The predicted octanol–water partition coefficient (Wildman–Crippen LogP) is -2.72. The minimum absolute atomic E-state index is 0.0113. The van der Waals surface area contributed by atoms with Crippen LogP contribution in [0.4, 0.5) is 0 Å². The number of carbonyl (C=O) groups is 1. The van der Waals surface area contributed by atoms with Crippen molar-refractivity contribution in [1.82, 2.24) is 0 Å². The first-order chi connectivity index (χ1) is 5.24. The van der Waals surface area contributed by atoms with Crippen molar-refractivity contribution in [2.75, 3.05) is 0 Å². The van der Waals surface area contributed by atoms with Crippen molar-refractivity contribution in [3.8, 4) is 0 Å². The van der Waals surface area contributed by atoms with Gasteiger partial charge < -0.3 is 0 Å². The van der Waals surface area contributed by atoms with Crippen LogP contribution in [0, 0.1) is 0 Å². The summed E-state index contributed by atoms with van der Waals surface area (Å²) >= 11 is 2.35. The second-order valence-corrected chi connectivity index (χ2v) is 5.78. The minimum atomic E-state index is -0.371. The second kappa shape index (κ2) is 4.19. The average Bonchev–Trinajstić information content (AvgIpc) is 2.05. The van der Waals surface area contributed by atoms with Gasteiger partial charge in [-0.15, -0.1) is 0 Å². The fourth-order valence-corrected chi connectivity index (χ4v) is 2.81. The molecule has 0 aliphatic rings. The number of hydrogen-bond acceptors (Lipinski definition) is 1. The standard InChI is InChI=1S/C6H6I2N2O/c7-8-10-3-1-5(2-4-10)6(9)11/h1-4H,(H2,9,11). The van der Waals surface area contributed by atoms with E-state index >= 15 is 0 Å². The van der Waals surface area contributed by atoms with E-state index < -0.39 is 0 Å². The van der Waals surface area contributed by atoms with Gasteiger partial charge in [-0.05, 0) is 0 Å². The summed E-state index contributed by atoms with van der Waals surface area (Å²) in [4.78, 5) is 10.6. The Bertz CT molecular complexity index is 260. The summed E-state index contributed by atoms with van der Waals surface area (Å²) in [6, 6.07) is 3.47. The first-order valence-electron chi connectivity index (χ1n) is 2.82. The molecule has 11 heavy (non-hydrogen) atoms. The number of aromatic nitrogens is 1. The molecule has 0 radical (unpaired) electrons. The van der Waals surface area contributed by atoms with E-state index in [4.69, 9.17) is 5.73 Å². The second-order valence-electron chi connectivity index (χ2n) is 1.86. The fraction of sp³-hybridized carbons (Fsp3) is 0. The Hall–Kier alpha value is 0.0800. The summed E-state index contributed by atoms with van der Waals surface area (Å²) in [5.74, 6) is -0.371. The molecule has 1 heterocycles. The summed E-state index contributed by atoms with van der Waals surface area (Å²) in [5, 5.41) is 0. The summed E-state index contributed by atoms with van der Waals surface area (Å²) < 4.78 is 2.06. The molecule has 3 nitrogen and oxygen atoms in total. The number of nitrogens with two attached hydrogens (primary N) is 1. The maximum absolute atomic E-state index is 10.6. The van der Waals surface area contributed by atoms with Crippen LogP contribution in [0.3, 0.4) is 0 Å². The molecule has 0 saturated carbocycles. The van der Waals surface area contributed by atoms with Crippen LogP contribution in [0.1, 0.15) is 10.4 Å². The Kier molecular flexibility index (Phi) is 3.49. The van der Waals surface area contributed by atoms with Crippen LogP contribution in [0.25, 0.3) is 0 Å². The zero-order chi connectivity index (χ0) is 8.27. The molecule has 0 atom stereocenters. The van der Waals surface area contributed by atoms with Gasteiger partial charge in [0.05, 0.1) is 0 Å². The van der Waals surface area contributed by atoms with Crippen LogP contribution in [0.15, 0.2) is 24.5 Å². The first kappa shape index (κ1) is 9.17. The number of halogens is 2. The molecule has 2 N–H and O–H groups in total. The number of pyridine rings is 1. The molecule has 0 bridgehead atoms. The van der Waals surface area contributed by atoms with E-state index in [9.17, 15) is 4.79 Å². The third-order valence-corrected chi connectivity index (χ3v) is 5.04. The monoisotopic (exact) mass is 376 g/mol. The van der Waals surface area contributed by atoms with E-state index in [-0.39, 0.29) is 23.4 Å². The number of primary amides is 1. The first-order valence-corrected chi connectivity index (χ1v) is 10.1. The van der Waals surface area contributed by atoms with Crippen LogP contribution >= 0.6 is 18.6 Å². The number of nitrogens with zero attached hydrogens (tertiary/aromatic N) is 1. The van der Waals surface area contributed by atoms with E-state index in [1.807, 2.05) is 12.4 Å². The van der Waals surface area contributed by atoms with Crippen molar-refractivity contribution in [2.45, 2.75) is 0 Å². The number of rotatable bonds is 2. The van der Waals surface area contributed by atoms with Crippen LogP contribution < -0.4 is 26.0 Å². The molecule has 1 amide bonds. The molecule has 0 aliphatic heterocycles. The zero-order valence-corrected chi connectivity index (χ0v) is 9.81. The molecule has 1 aromatic rings. The van der Waals surface area contributed by atoms with Gasteiger partial charge in [0.15, 0.2) is 0 Å². The van der Waals surface area contributed by atoms with Crippen molar-refractivity contribution in [2.24, 2.45) is 5.73 Å². The van der Waals surface area contributed by atoms with Gasteiger partial charge in [-0.2, -0.15) is 0 Å². The van der Waals surface area contributed by atoms with Crippen molar-refractivity contribution in [3.63, 3.8) is 0 Å². The van der Waals surface area contributed by atoms with Crippen molar-refractivity contribution in [1.29, 1.82) is 0 Å². The molecular weight excluding hydrogens is 370 g/mol. The van der Waals surface area contributed by atoms with E-state index in [0.717, 1.165) is 0 Å². The summed E-state index contributed by atoms with van der Waals surface area (Å²) in [6.45, 7) is 0. The maximum atomic E-state index is 10.6. The molecule has 60 valence electrons. The third kappa shape index (κ3) is 2.55. The molecular formula is C6H6I2N2O. The molecule has 0 fully saturated rings. The summed E-state index contributed by atoms with van der Waals surface area (Å²) in [7, 11) is 0.